The van der Waals surface area contributed by atoms with Gasteiger partial charge in [0.2, 0.25) is 6.17 Å². The number of phenolic OH excluding ortho intramolecular Hbond substituents is 1. The smallest absolute Gasteiger partial charge is 0.342 e. The summed E-state index contributed by atoms with van der Waals surface area (Å²) in [6, 6.07) is 0.419. The van der Waals surface area contributed by atoms with E-state index in [2.05, 4.69) is 4.74 Å². The van der Waals surface area contributed by atoms with Gasteiger partial charge in [-0.2, -0.15) is 0 Å². The van der Waals surface area contributed by atoms with E-state index in [1.54, 1.807) is 0 Å². The van der Waals surface area contributed by atoms with E-state index >= 15 is 0 Å². The lowest BCUT2D eigenvalue weighted by Gasteiger charge is -2.18. The highest BCUT2D eigenvalue weighted by molar-refractivity contribution is 6.31. The van der Waals surface area contributed by atoms with Crippen molar-refractivity contribution in [3.05, 3.63) is 28.5 Å². The maximum atomic E-state index is 13.7. The van der Waals surface area contributed by atoms with Crippen molar-refractivity contribution in [3.8, 4) is 5.75 Å². The molecule has 0 aliphatic rings. The van der Waals surface area contributed by atoms with Gasteiger partial charge in [-0.1, -0.05) is 11.6 Å². The minimum atomic E-state index is -2.24. The van der Waals surface area contributed by atoms with Gasteiger partial charge in [0.15, 0.2) is 11.6 Å². The maximum absolute atomic E-state index is 13.7. The van der Waals surface area contributed by atoms with Crippen LogP contribution in [0.1, 0.15) is 18.5 Å². The maximum Gasteiger partial charge on any atom is 0.342 e. The third kappa shape index (κ3) is 3.92. The molecule has 0 aliphatic heterocycles. The van der Waals surface area contributed by atoms with Crippen molar-refractivity contribution in [1.29, 1.82) is 0 Å². The Bertz CT molecular complexity index is 460. The van der Waals surface area contributed by atoms with Gasteiger partial charge >= 0.3 is 5.97 Å². The van der Waals surface area contributed by atoms with Crippen molar-refractivity contribution in [2.45, 2.75) is 19.1 Å². The molecule has 108 valence electrons. The number of benzene rings is 1. The lowest BCUT2D eigenvalue weighted by molar-refractivity contribution is -0.149. The van der Waals surface area contributed by atoms with Crippen molar-refractivity contribution in [3.63, 3.8) is 0 Å². The highest BCUT2D eigenvalue weighted by Gasteiger charge is 2.32. The summed E-state index contributed by atoms with van der Waals surface area (Å²) in [4.78, 5) is 11.2. The van der Waals surface area contributed by atoms with Gasteiger partial charge in [-0.15, -0.1) is 12.4 Å². The van der Waals surface area contributed by atoms with Gasteiger partial charge in [0.05, 0.1) is 12.6 Å². The molecule has 2 atom stereocenters. The summed E-state index contributed by atoms with van der Waals surface area (Å²) in [5.41, 5.74) is 5.09. The molecule has 0 amide bonds. The van der Waals surface area contributed by atoms with Crippen LogP contribution in [0.2, 0.25) is 5.02 Å². The summed E-state index contributed by atoms with van der Waals surface area (Å²) in [7, 11) is 0. The first kappa shape index (κ1) is 17.9. The topological polar surface area (TPSA) is 72.5 Å². The number of ether oxygens (including phenoxy) is 1. The third-order valence-corrected chi connectivity index (χ3v) is 2.60. The Kier molecular flexibility index (Phi) is 7.04. The molecule has 0 radical (unpaired) electrons. The van der Waals surface area contributed by atoms with Crippen LogP contribution in [0.5, 0.6) is 5.75 Å². The third-order valence-electron chi connectivity index (χ3n) is 2.28. The minimum absolute atomic E-state index is 0. The molecule has 1 rings (SSSR count). The number of esters is 1. The lowest BCUT2D eigenvalue weighted by Crippen LogP contribution is -2.31. The van der Waals surface area contributed by atoms with E-state index in [0.717, 1.165) is 12.1 Å². The highest BCUT2D eigenvalue weighted by Crippen LogP contribution is 2.34. The van der Waals surface area contributed by atoms with Crippen LogP contribution in [0, 0.1) is 5.82 Å². The number of nitrogens with two attached hydrogens (primary N) is 1. The van der Waals surface area contributed by atoms with Crippen LogP contribution >= 0.6 is 24.0 Å². The van der Waals surface area contributed by atoms with E-state index in [1.165, 1.54) is 6.92 Å². The first-order valence-electron chi connectivity index (χ1n) is 5.13. The molecule has 4 nitrogen and oxygen atoms in total. The second kappa shape index (κ2) is 7.47. The molecular formula is C11H13Cl2F2NO3. The molecule has 1 aromatic rings. The Balaban J connectivity index is 0.00000324. The molecule has 0 aliphatic carbocycles. The zero-order chi connectivity index (χ0) is 13.9. The summed E-state index contributed by atoms with van der Waals surface area (Å²) in [5.74, 6) is -3.06. The van der Waals surface area contributed by atoms with E-state index in [1.807, 2.05) is 0 Å². The summed E-state index contributed by atoms with van der Waals surface area (Å²) in [5, 5.41) is 9.32. The van der Waals surface area contributed by atoms with Crippen molar-refractivity contribution >= 4 is 30.0 Å². The number of alkyl halides is 1. The Hall–Kier alpha value is -1.11. The summed E-state index contributed by atoms with van der Waals surface area (Å²) in [6.07, 6.45) is -2.24. The normalized spacial score (nSPS) is 13.3. The number of rotatable bonds is 4. The SMILES string of the molecule is CCOC(=O)C(F)[C@@H](N)c1c(Cl)ccc(F)c1O.Cl. The van der Waals surface area contributed by atoms with E-state index < -0.39 is 29.7 Å². The number of phenols is 1. The van der Waals surface area contributed by atoms with Gasteiger partial charge in [-0.25, -0.2) is 13.6 Å². The van der Waals surface area contributed by atoms with Crippen LogP contribution in [0.15, 0.2) is 12.1 Å². The second-order valence-electron chi connectivity index (χ2n) is 3.47. The van der Waals surface area contributed by atoms with Crippen molar-refractivity contribution in [1.82, 2.24) is 0 Å². The molecule has 0 aromatic heterocycles. The van der Waals surface area contributed by atoms with Gasteiger partial charge in [0.1, 0.15) is 0 Å². The number of carbonyl (C=O) groups is 1. The van der Waals surface area contributed by atoms with Crippen LogP contribution in [0.3, 0.4) is 0 Å². The molecule has 8 heteroatoms. The number of hydrogen-bond acceptors (Lipinski definition) is 4. The van der Waals surface area contributed by atoms with Gasteiger partial charge in [0.25, 0.3) is 0 Å². The van der Waals surface area contributed by atoms with E-state index in [9.17, 15) is 18.7 Å². The predicted octanol–water partition coefficient (Wildman–Crippen LogP) is 2.51. The van der Waals surface area contributed by atoms with Crippen LogP contribution in [0.4, 0.5) is 8.78 Å². The molecule has 1 aromatic carbocycles. The molecule has 1 unspecified atom stereocenters. The van der Waals surface area contributed by atoms with E-state index in [-0.39, 0.29) is 29.6 Å². The fourth-order valence-electron chi connectivity index (χ4n) is 1.39. The zero-order valence-corrected chi connectivity index (χ0v) is 11.5. The molecule has 0 fully saturated rings. The standard InChI is InChI=1S/C11H12ClF2NO3.ClH/c1-2-18-11(17)8(14)9(15)7-5(12)3-4-6(13)10(7)16;/h3-4,8-9,16H,2,15H2,1H3;1H/t8?,9-;/m0./s1. The largest absolute Gasteiger partial charge is 0.505 e. The number of halogens is 4. The van der Waals surface area contributed by atoms with Gasteiger partial charge in [-0.05, 0) is 19.1 Å². The molecule has 0 saturated carbocycles. The molecule has 0 bridgehead atoms. The Morgan fingerprint density at radius 3 is 2.68 bits per heavy atom. The Labute approximate surface area is 119 Å². The first-order valence-corrected chi connectivity index (χ1v) is 5.51. The van der Waals surface area contributed by atoms with Gasteiger partial charge < -0.3 is 15.6 Å². The molecule has 0 saturated heterocycles. The summed E-state index contributed by atoms with van der Waals surface area (Å²) < 4.78 is 31.2. The van der Waals surface area contributed by atoms with Crippen LogP contribution in [-0.4, -0.2) is 23.9 Å². The summed E-state index contributed by atoms with van der Waals surface area (Å²) in [6.45, 7) is 1.48. The summed E-state index contributed by atoms with van der Waals surface area (Å²) >= 11 is 5.70. The van der Waals surface area contributed by atoms with Gasteiger partial charge in [0, 0.05) is 10.6 Å². The van der Waals surface area contributed by atoms with Crippen LogP contribution in [0.25, 0.3) is 0 Å². The second-order valence-corrected chi connectivity index (χ2v) is 3.88. The number of hydrogen-bond donors (Lipinski definition) is 2. The average Bonchev–Trinajstić information content (AvgIpc) is 2.33. The van der Waals surface area contributed by atoms with Crippen molar-refractivity contribution in [2.24, 2.45) is 5.73 Å². The van der Waals surface area contributed by atoms with Crippen molar-refractivity contribution in [2.75, 3.05) is 6.61 Å². The predicted molar refractivity (Wildman–Crippen MR) is 68.8 cm³/mol. The Morgan fingerprint density at radius 1 is 1.58 bits per heavy atom. The minimum Gasteiger partial charge on any atom is -0.505 e. The molecule has 0 heterocycles. The highest BCUT2D eigenvalue weighted by atomic mass is 35.5. The quantitative estimate of drug-likeness (QED) is 0.837. The first-order chi connectivity index (χ1) is 8.40. The fourth-order valence-corrected chi connectivity index (χ4v) is 1.67. The molecule has 19 heavy (non-hydrogen) atoms. The monoisotopic (exact) mass is 315 g/mol. The van der Waals surface area contributed by atoms with Crippen LogP contribution in [-0.2, 0) is 9.53 Å². The van der Waals surface area contributed by atoms with E-state index in [0.29, 0.717) is 0 Å². The van der Waals surface area contributed by atoms with Crippen LogP contribution < -0.4 is 5.73 Å². The van der Waals surface area contributed by atoms with Crippen molar-refractivity contribution < 1.29 is 23.4 Å². The Morgan fingerprint density at radius 2 is 2.16 bits per heavy atom. The molecule has 0 spiro atoms. The fraction of sp³-hybridized carbons (Fsp3) is 0.364. The number of carbonyl (C=O) groups excluding carboxylic acids is 1. The van der Waals surface area contributed by atoms with E-state index in [4.69, 9.17) is 17.3 Å². The average molecular weight is 316 g/mol. The molecular weight excluding hydrogens is 303 g/mol. The number of aromatic hydroxyl groups is 1. The van der Waals surface area contributed by atoms with Gasteiger partial charge in [-0.3, -0.25) is 0 Å². The zero-order valence-electron chi connectivity index (χ0n) is 9.90. The molecule has 3 N–H and O–H groups in total. The lowest BCUT2D eigenvalue weighted by atomic mass is 10.0.